The van der Waals surface area contributed by atoms with Crippen LogP contribution >= 0.6 is 0 Å². The molecule has 0 saturated carbocycles. The van der Waals surface area contributed by atoms with Crippen molar-refractivity contribution in [2.45, 2.75) is 52.0 Å². The Labute approximate surface area is 145 Å². The number of hydrogen-bond acceptors (Lipinski definition) is 0. The Bertz CT molecular complexity index is 423. The molecule has 0 aliphatic heterocycles. The number of hydrogen-bond donors (Lipinski definition) is 0. The molecule has 103 valence electrons. The van der Waals surface area contributed by atoms with Crippen molar-refractivity contribution in [1.29, 1.82) is 0 Å². The van der Waals surface area contributed by atoms with E-state index in [4.69, 9.17) is 0 Å². The molecule has 0 nitrogen and oxygen atoms in total. The summed E-state index contributed by atoms with van der Waals surface area (Å²) < 4.78 is 0. The van der Waals surface area contributed by atoms with E-state index in [1.165, 1.54) is 27.9 Å². The zero-order chi connectivity index (χ0) is 13.7. The standard InChI is InChI=1S/C15H19.C2H7Ge.Zr/c1-10(2)13-6-5-7-15(13)14-9-8-11(3)12(14)4;1-3-2;/h6,8,10H,5,9H2,1-4H3;3H,1-2H3;/q-1;;. The summed E-state index contributed by atoms with van der Waals surface area (Å²) in [6, 6.07) is 0. The number of allylic oxidation sites excluding steroid dienone is 8. The van der Waals surface area contributed by atoms with Crippen molar-refractivity contribution < 1.29 is 26.2 Å². The van der Waals surface area contributed by atoms with E-state index in [2.05, 4.69) is 57.4 Å². The van der Waals surface area contributed by atoms with Crippen LogP contribution < -0.4 is 0 Å². The molecule has 0 saturated heterocycles. The Morgan fingerprint density at radius 1 is 1.16 bits per heavy atom. The van der Waals surface area contributed by atoms with Gasteiger partial charge in [0.15, 0.2) is 0 Å². The molecular formula is C17H26GeZr-. The van der Waals surface area contributed by atoms with Gasteiger partial charge in [0.25, 0.3) is 0 Å². The fourth-order valence-electron chi connectivity index (χ4n) is 2.36. The van der Waals surface area contributed by atoms with E-state index in [1.807, 2.05) is 0 Å². The Balaban J connectivity index is 0.000000742. The number of rotatable bonds is 2. The second-order valence-electron chi connectivity index (χ2n) is 5.34. The summed E-state index contributed by atoms with van der Waals surface area (Å²) in [6.45, 7) is 8.98. The summed E-state index contributed by atoms with van der Waals surface area (Å²) in [5.41, 5.74) is 7.30. The van der Waals surface area contributed by atoms with Crippen LogP contribution in [-0.4, -0.2) is 15.4 Å². The van der Waals surface area contributed by atoms with Gasteiger partial charge in [-0.25, -0.2) is 0 Å². The van der Waals surface area contributed by atoms with Crippen molar-refractivity contribution in [1.82, 2.24) is 0 Å². The molecule has 1 radical (unpaired) electrons. The second kappa shape index (κ2) is 9.35. The van der Waals surface area contributed by atoms with E-state index < -0.39 is 0 Å². The van der Waals surface area contributed by atoms with Crippen LogP contribution in [0.2, 0.25) is 11.5 Å². The van der Waals surface area contributed by atoms with Crippen molar-refractivity contribution in [2.24, 2.45) is 5.92 Å². The Kier molecular flexibility index (Phi) is 9.54. The third-order valence-corrected chi connectivity index (χ3v) is 3.47. The fourth-order valence-corrected chi connectivity index (χ4v) is 2.36. The molecule has 0 unspecified atom stereocenters. The van der Waals surface area contributed by atoms with Crippen molar-refractivity contribution in [3.8, 4) is 0 Å². The molecule has 2 rings (SSSR count). The van der Waals surface area contributed by atoms with Crippen LogP contribution in [0.25, 0.3) is 0 Å². The third-order valence-electron chi connectivity index (χ3n) is 3.47. The van der Waals surface area contributed by atoms with Crippen LogP contribution in [0.1, 0.15) is 40.5 Å². The molecule has 2 heteroatoms. The minimum atomic E-state index is 0. The summed E-state index contributed by atoms with van der Waals surface area (Å²) >= 11 is 0.312. The average Bonchev–Trinajstić information content (AvgIpc) is 2.89. The molecule has 0 fully saturated rings. The molecule has 0 bridgehead atoms. The maximum Gasteiger partial charge on any atom is 0 e. The first-order valence-electron chi connectivity index (χ1n) is 6.95. The molecule has 0 heterocycles. The van der Waals surface area contributed by atoms with E-state index in [-0.39, 0.29) is 26.2 Å². The minimum absolute atomic E-state index is 0. The Morgan fingerprint density at radius 2 is 1.74 bits per heavy atom. The maximum absolute atomic E-state index is 3.51. The topological polar surface area (TPSA) is 0 Å². The quantitative estimate of drug-likeness (QED) is 0.463. The third kappa shape index (κ3) is 5.01. The molecule has 0 spiro atoms. The minimum Gasteiger partial charge on any atom is 0 e. The van der Waals surface area contributed by atoms with Gasteiger partial charge >= 0.3 is 26.9 Å². The molecule has 19 heavy (non-hydrogen) atoms. The predicted molar refractivity (Wildman–Crippen MR) is 84.2 cm³/mol. The van der Waals surface area contributed by atoms with Gasteiger partial charge in [-0.15, -0.1) is 11.6 Å². The SMILES string of the molecule is CC1=CCC(C2=[C-]CC=C2C(C)C)=C1C.[CH3][GeH][CH3].[Zr]. The summed E-state index contributed by atoms with van der Waals surface area (Å²) in [7, 11) is 0. The molecule has 2 aliphatic carbocycles. The van der Waals surface area contributed by atoms with E-state index in [0.717, 1.165) is 12.8 Å². The van der Waals surface area contributed by atoms with Crippen molar-refractivity contribution in [3.63, 3.8) is 0 Å². The van der Waals surface area contributed by atoms with Crippen LogP contribution in [0.3, 0.4) is 0 Å². The molecule has 0 aromatic carbocycles. The van der Waals surface area contributed by atoms with Gasteiger partial charge in [-0.3, -0.25) is 0 Å². The molecule has 0 aromatic heterocycles. The van der Waals surface area contributed by atoms with Crippen molar-refractivity contribution in [3.05, 3.63) is 46.1 Å². The summed E-state index contributed by atoms with van der Waals surface area (Å²) in [5, 5.41) is 0. The van der Waals surface area contributed by atoms with Crippen LogP contribution in [0.4, 0.5) is 0 Å². The van der Waals surface area contributed by atoms with Crippen LogP contribution in [0.15, 0.2) is 40.0 Å². The average molecular weight is 394 g/mol. The Hall–Kier alpha value is 0.386. The monoisotopic (exact) mass is 394 g/mol. The van der Waals surface area contributed by atoms with Gasteiger partial charge < -0.3 is 0 Å². The van der Waals surface area contributed by atoms with Gasteiger partial charge in [0.1, 0.15) is 0 Å². The smallest absolute Gasteiger partial charge is 0 e. The molecule has 0 N–H and O–H groups in total. The molecule has 2 aliphatic rings. The molecular weight excluding hydrogens is 368 g/mol. The Morgan fingerprint density at radius 3 is 2.16 bits per heavy atom. The summed E-state index contributed by atoms with van der Waals surface area (Å²) in [5.74, 6) is 5.18. The van der Waals surface area contributed by atoms with Gasteiger partial charge in [-0.1, -0.05) is 56.8 Å². The summed E-state index contributed by atoms with van der Waals surface area (Å²) in [4.78, 5) is 0. The van der Waals surface area contributed by atoms with Gasteiger partial charge in [0.05, 0.1) is 0 Å². The van der Waals surface area contributed by atoms with Gasteiger partial charge in [0, 0.05) is 26.2 Å². The second-order valence-corrected chi connectivity index (χ2v) is 7.76. The van der Waals surface area contributed by atoms with Crippen molar-refractivity contribution >= 4 is 15.4 Å². The summed E-state index contributed by atoms with van der Waals surface area (Å²) in [6.07, 6.45) is 10.3. The van der Waals surface area contributed by atoms with E-state index >= 15 is 0 Å². The first-order valence-corrected chi connectivity index (χ1v) is 11.8. The van der Waals surface area contributed by atoms with E-state index in [9.17, 15) is 0 Å². The molecule has 0 atom stereocenters. The zero-order valence-corrected chi connectivity index (χ0v) is 18.1. The van der Waals surface area contributed by atoms with Crippen LogP contribution in [-0.2, 0) is 26.2 Å². The largest absolute Gasteiger partial charge is 0 e. The van der Waals surface area contributed by atoms with Gasteiger partial charge in [-0.2, -0.15) is 17.2 Å². The molecule has 0 amide bonds. The first kappa shape index (κ1) is 19.4. The van der Waals surface area contributed by atoms with E-state index in [1.54, 1.807) is 0 Å². The maximum atomic E-state index is 3.51. The predicted octanol–water partition coefficient (Wildman–Crippen LogP) is 4.89. The first-order chi connectivity index (χ1) is 8.52. The van der Waals surface area contributed by atoms with Gasteiger partial charge in [-0.05, 0) is 6.92 Å². The zero-order valence-electron chi connectivity index (χ0n) is 13.2. The van der Waals surface area contributed by atoms with E-state index in [0.29, 0.717) is 21.3 Å². The van der Waals surface area contributed by atoms with Crippen molar-refractivity contribution in [2.75, 3.05) is 0 Å². The van der Waals surface area contributed by atoms with Gasteiger partial charge in [0.2, 0.25) is 0 Å². The normalized spacial score (nSPS) is 17.5. The fraction of sp³-hybridized carbons (Fsp3) is 0.529. The van der Waals surface area contributed by atoms with Crippen LogP contribution in [0.5, 0.6) is 0 Å². The van der Waals surface area contributed by atoms with Crippen LogP contribution in [0, 0.1) is 12.0 Å². The molecule has 0 aromatic rings.